The minimum atomic E-state index is -1.48. The van der Waals surface area contributed by atoms with Crippen molar-refractivity contribution in [1.82, 2.24) is 0 Å². The molecule has 0 saturated heterocycles. The molecular weight excluding hydrogens is 200 g/mol. The van der Waals surface area contributed by atoms with Crippen LogP contribution in [0.5, 0.6) is 5.75 Å². The van der Waals surface area contributed by atoms with Crippen LogP contribution in [0.1, 0.15) is 26.3 Å². The number of benzene rings is 1. The fourth-order valence-electron chi connectivity index (χ4n) is 1.38. The first-order chi connectivity index (χ1) is 6.68. The maximum absolute atomic E-state index is 5.98. The molecule has 0 aromatic heterocycles. The van der Waals surface area contributed by atoms with Crippen molar-refractivity contribution in [3.05, 3.63) is 29.8 Å². The van der Waals surface area contributed by atoms with E-state index in [2.05, 4.69) is 58.6 Å². The van der Waals surface area contributed by atoms with Crippen LogP contribution in [0.25, 0.3) is 0 Å². The van der Waals surface area contributed by atoms with Crippen molar-refractivity contribution in [1.29, 1.82) is 0 Å². The predicted molar refractivity (Wildman–Crippen MR) is 69.1 cm³/mol. The predicted octanol–water partition coefficient (Wildman–Crippen LogP) is 4.20. The normalized spacial score (nSPS) is 12.7. The van der Waals surface area contributed by atoms with Gasteiger partial charge in [-0.05, 0) is 42.8 Å². The van der Waals surface area contributed by atoms with Gasteiger partial charge in [0.15, 0.2) is 0 Å². The first-order valence-corrected chi connectivity index (χ1v) is 8.89. The van der Waals surface area contributed by atoms with Crippen molar-refractivity contribution in [3.8, 4) is 5.75 Å². The zero-order valence-corrected chi connectivity index (χ0v) is 11.7. The average molecular weight is 222 g/mol. The average Bonchev–Trinajstić information content (AvgIpc) is 1.99. The summed E-state index contributed by atoms with van der Waals surface area (Å²) < 4.78 is 5.98. The highest BCUT2D eigenvalue weighted by Gasteiger charge is 2.18. The molecule has 1 aromatic rings. The molecule has 0 aliphatic heterocycles. The third-order valence-electron chi connectivity index (χ3n) is 2.12. The molecule has 1 nitrogen and oxygen atoms in total. The zero-order chi connectivity index (χ0) is 11.7. The third-order valence-corrected chi connectivity index (χ3v) is 2.97. The van der Waals surface area contributed by atoms with Crippen molar-refractivity contribution in [3.63, 3.8) is 0 Å². The van der Waals surface area contributed by atoms with Crippen molar-refractivity contribution < 1.29 is 4.43 Å². The molecule has 15 heavy (non-hydrogen) atoms. The smallest absolute Gasteiger partial charge is 0.242 e. The van der Waals surface area contributed by atoms with Crippen molar-refractivity contribution in [2.75, 3.05) is 0 Å². The molecule has 0 fully saturated rings. The van der Waals surface area contributed by atoms with E-state index in [0.29, 0.717) is 0 Å². The Kier molecular flexibility index (Phi) is 3.29. The minimum absolute atomic E-state index is 0.193. The molecule has 0 amide bonds. The van der Waals surface area contributed by atoms with E-state index in [4.69, 9.17) is 4.43 Å². The lowest BCUT2D eigenvalue weighted by Gasteiger charge is -2.23. The topological polar surface area (TPSA) is 9.23 Å². The third kappa shape index (κ3) is 4.08. The van der Waals surface area contributed by atoms with Gasteiger partial charge in [0, 0.05) is 0 Å². The zero-order valence-electron chi connectivity index (χ0n) is 10.7. The molecule has 1 aromatic carbocycles. The van der Waals surface area contributed by atoms with Gasteiger partial charge >= 0.3 is 0 Å². The standard InChI is InChI=1S/C13H22OSi/c1-13(2,3)11-8-7-9-12(10-11)14-15(4,5)6/h7-10H,1-6H3. The van der Waals surface area contributed by atoms with Crippen LogP contribution in [0.15, 0.2) is 24.3 Å². The van der Waals surface area contributed by atoms with Crippen LogP contribution < -0.4 is 4.43 Å². The lowest BCUT2D eigenvalue weighted by atomic mass is 9.87. The Balaban J connectivity index is 2.94. The molecule has 2 heteroatoms. The molecule has 0 bridgehead atoms. The number of rotatable bonds is 2. The van der Waals surface area contributed by atoms with Crippen molar-refractivity contribution >= 4 is 8.32 Å². The molecule has 0 saturated carbocycles. The van der Waals surface area contributed by atoms with Crippen LogP contribution in [0, 0.1) is 0 Å². The summed E-state index contributed by atoms with van der Waals surface area (Å²) in [5, 5.41) is 0. The summed E-state index contributed by atoms with van der Waals surface area (Å²) >= 11 is 0. The van der Waals surface area contributed by atoms with E-state index < -0.39 is 8.32 Å². The highest BCUT2D eigenvalue weighted by molar-refractivity contribution is 6.70. The first-order valence-electron chi connectivity index (χ1n) is 5.48. The molecule has 0 atom stereocenters. The second kappa shape index (κ2) is 4.01. The van der Waals surface area contributed by atoms with Crippen molar-refractivity contribution in [2.24, 2.45) is 0 Å². The van der Waals surface area contributed by atoms with Crippen LogP contribution in [0.3, 0.4) is 0 Å². The summed E-state index contributed by atoms with van der Waals surface area (Å²) in [6.07, 6.45) is 0. The van der Waals surface area contributed by atoms with Crippen LogP contribution in [-0.2, 0) is 5.41 Å². The molecule has 0 N–H and O–H groups in total. The molecule has 0 heterocycles. The molecule has 0 spiro atoms. The second-order valence-electron chi connectivity index (χ2n) is 5.99. The van der Waals surface area contributed by atoms with Gasteiger partial charge in [0.2, 0.25) is 8.32 Å². The van der Waals surface area contributed by atoms with Gasteiger partial charge in [-0.25, -0.2) is 0 Å². The van der Waals surface area contributed by atoms with Gasteiger partial charge < -0.3 is 4.43 Å². The summed E-state index contributed by atoms with van der Waals surface area (Å²) in [5.74, 6) is 1.02. The van der Waals surface area contributed by atoms with Gasteiger partial charge in [-0.1, -0.05) is 32.9 Å². The van der Waals surface area contributed by atoms with Gasteiger partial charge in [-0.2, -0.15) is 0 Å². The lowest BCUT2D eigenvalue weighted by Crippen LogP contribution is -2.29. The Morgan fingerprint density at radius 1 is 1.07 bits per heavy atom. The summed E-state index contributed by atoms with van der Waals surface area (Å²) in [6.45, 7) is 13.3. The van der Waals surface area contributed by atoms with Crippen molar-refractivity contribution in [2.45, 2.75) is 45.8 Å². The van der Waals surface area contributed by atoms with E-state index in [0.717, 1.165) is 5.75 Å². The number of hydrogen-bond donors (Lipinski definition) is 0. The SMILES string of the molecule is CC(C)(C)c1cccc(O[Si](C)(C)C)c1. The fourth-order valence-corrected chi connectivity index (χ4v) is 2.21. The molecule has 1 rings (SSSR count). The quantitative estimate of drug-likeness (QED) is 0.682. The molecule has 0 radical (unpaired) electrons. The van der Waals surface area contributed by atoms with E-state index in [1.54, 1.807) is 0 Å². The second-order valence-corrected chi connectivity index (χ2v) is 10.4. The Morgan fingerprint density at radius 2 is 1.67 bits per heavy atom. The summed E-state index contributed by atoms with van der Waals surface area (Å²) in [7, 11) is -1.48. The summed E-state index contributed by atoms with van der Waals surface area (Å²) in [6, 6.07) is 8.46. The Hall–Kier alpha value is -0.763. The molecule has 0 aliphatic rings. The van der Waals surface area contributed by atoms with Crippen LogP contribution in [-0.4, -0.2) is 8.32 Å². The van der Waals surface area contributed by atoms with Crippen LogP contribution in [0.4, 0.5) is 0 Å². The van der Waals surface area contributed by atoms with E-state index in [1.165, 1.54) is 5.56 Å². The van der Waals surface area contributed by atoms with Gasteiger partial charge in [0.05, 0.1) is 0 Å². The Bertz CT molecular complexity index is 331. The highest BCUT2D eigenvalue weighted by atomic mass is 28.4. The maximum Gasteiger partial charge on any atom is 0.242 e. The van der Waals surface area contributed by atoms with E-state index >= 15 is 0 Å². The van der Waals surface area contributed by atoms with E-state index in [9.17, 15) is 0 Å². The monoisotopic (exact) mass is 222 g/mol. The Labute approximate surface area is 94.6 Å². The largest absolute Gasteiger partial charge is 0.544 e. The Morgan fingerprint density at radius 3 is 2.13 bits per heavy atom. The fraction of sp³-hybridized carbons (Fsp3) is 0.538. The molecular formula is C13H22OSi. The minimum Gasteiger partial charge on any atom is -0.544 e. The van der Waals surface area contributed by atoms with E-state index in [1.807, 2.05) is 6.07 Å². The van der Waals surface area contributed by atoms with Gasteiger partial charge in [-0.15, -0.1) is 0 Å². The van der Waals surface area contributed by atoms with Crippen LogP contribution >= 0.6 is 0 Å². The summed E-state index contributed by atoms with van der Waals surface area (Å²) in [4.78, 5) is 0. The van der Waals surface area contributed by atoms with Crippen LogP contribution in [0.2, 0.25) is 19.6 Å². The highest BCUT2D eigenvalue weighted by Crippen LogP contribution is 2.26. The lowest BCUT2D eigenvalue weighted by molar-refractivity contribution is 0.545. The summed E-state index contributed by atoms with van der Waals surface area (Å²) in [5.41, 5.74) is 1.52. The van der Waals surface area contributed by atoms with Gasteiger partial charge in [0.25, 0.3) is 0 Å². The maximum atomic E-state index is 5.98. The molecule has 0 aliphatic carbocycles. The van der Waals surface area contributed by atoms with Gasteiger partial charge in [0.1, 0.15) is 5.75 Å². The molecule has 0 unspecified atom stereocenters. The molecule has 84 valence electrons. The number of hydrogen-bond acceptors (Lipinski definition) is 1. The van der Waals surface area contributed by atoms with Gasteiger partial charge in [-0.3, -0.25) is 0 Å². The first kappa shape index (κ1) is 12.3. The van der Waals surface area contributed by atoms with E-state index in [-0.39, 0.29) is 5.41 Å².